The molecule has 0 radical (unpaired) electrons. The molecule has 1 fully saturated rings. The number of hydrogen-bond donors (Lipinski definition) is 1. The lowest BCUT2D eigenvalue weighted by atomic mass is 10.1. The quantitative estimate of drug-likeness (QED) is 0.921. The third kappa shape index (κ3) is 3.85. The van der Waals surface area contributed by atoms with Gasteiger partial charge >= 0.3 is 0 Å². The fourth-order valence-electron chi connectivity index (χ4n) is 2.22. The minimum absolute atomic E-state index is 0.0395. The van der Waals surface area contributed by atoms with Crippen molar-refractivity contribution in [2.24, 2.45) is 5.73 Å². The minimum atomic E-state index is 0.0395. The third-order valence-electron chi connectivity index (χ3n) is 3.30. The Hall–Kier alpha value is -1.26. The number of rotatable bonds is 4. The highest BCUT2D eigenvalue weighted by Gasteiger charge is 2.17. The Morgan fingerprint density at radius 2 is 2.05 bits per heavy atom. The lowest BCUT2D eigenvalue weighted by Crippen LogP contribution is -2.38. The summed E-state index contributed by atoms with van der Waals surface area (Å²) in [4.78, 5) is 13.8. The van der Waals surface area contributed by atoms with Gasteiger partial charge in [-0.2, -0.15) is 0 Å². The van der Waals surface area contributed by atoms with Gasteiger partial charge in [-0.25, -0.2) is 0 Å². The SMILES string of the molecule is NCc1cc(Cl)ccc1OCC(=O)N1CCCCC1. The first-order valence-electron chi connectivity index (χ1n) is 6.60. The molecule has 1 aromatic rings. The largest absolute Gasteiger partial charge is 0.483 e. The van der Waals surface area contributed by atoms with Crippen LogP contribution in [0.25, 0.3) is 0 Å². The van der Waals surface area contributed by atoms with Gasteiger partial charge in [-0.3, -0.25) is 4.79 Å². The molecule has 0 unspecified atom stereocenters. The number of amides is 1. The number of carbonyl (C=O) groups is 1. The van der Waals surface area contributed by atoms with Crippen LogP contribution in [0.3, 0.4) is 0 Å². The molecule has 0 bridgehead atoms. The van der Waals surface area contributed by atoms with Crippen molar-refractivity contribution in [2.75, 3.05) is 19.7 Å². The lowest BCUT2D eigenvalue weighted by molar-refractivity contribution is -0.134. The molecular formula is C14H19ClN2O2. The zero-order valence-electron chi connectivity index (χ0n) is 10.9. The van der Waals surface area contributed by atoms with Crippen molar-refractivity contribution in [2.45, 2.75) is 25.8 Å². The van der Waals surface area contributed by atoms with Crippen LogP contribution in [0.15, 0.2) is 18.2 Å². The zero-order chi connectivity index (χ0) is 13.7. The molecule has 1 aliphatic heterocycles. The standard InChI is InChI=1S/C14H19ClN2O2/c15-12-4-5-13(11(8-12)9-16)19-10-14(18)17-6-2-1-3-7-17/h4-5,8H,1-3,6-7,9-10,16H2. The predicted molar refractivity (Wildman–Crippen MR) is 75.3 cm³/mol. The Bertz CT molecular complexity index is 445. The van der Waals surface area contributed by atoms with Gasteiger partial charge in [-0.1, -0.05) is 11.6 Å². The van der Waals surface area contributed by atoms with Crippen molar-refractivity contribution in [3.05, 3.63) is 28.8 Å². The first-order chi connectivity index (χ1) is 9.20. The van der Waals surface area contributed by atoms with Gasteiger partial charge in [0.25, 0.3) is 5.91 Å². The van der Waals surface area contributed by atoms with E-state index in [9.17, 15) is 4.79 Å². The van der Waals surface area contributed by atoms with E-state index in [2.05, 4.69) is 0 Å². The Balaban J connectivity index is 1.92. The number of likely N-dealkylation sites (tertiary alicyclic amines) is 1. The first-order valence-corrected chi connectivity index (χ1v) is 6.97. The maximum Gasteiger partial charge on any atom is 0.260 e. The van der Waals surface area contributed by atoms with Gasteiger partial charge in [-0.05, 0) is 37.5 Å². The highest BCUT2D eigenvalue weighted by atomic mass is 35.5. The van der Waals surface area contributed by atoms with E-state index < -0.39 is 0 Å². The molecule has 104 valence electrons. The van der Waals surface area contributed by atoms with Crippen LogP contribution in [-0.4, -0.2) is 30.5 Å². The van der Waals surface area contributed by atoms with Crippen LogP contribution < -0.4 is 10.5 Å². The van der Waals surface area contributed by atoms with Gasteiger partial charge in [0, 0.05) is 30.2 Å². The number of ether oxygens (including phenoxy) is 1. The summed E-state index contributed by atoms with van der Waals surface area (Å²) in [6, 6.07) is 5.26. The summed E-state index contributed by atoms with van der Waals surface area (Å²) in [5, 5.41) is 0.621. The van der Waals surface area contributed by atoms with Gasteiger partial charge in [0.1, 0.15) is 5.75 Å². The molecule has 1 heterocycles. The summed E-state index contributed by atoms with van der Waals surface area (Å²) in [5.74, 6) is 0.676. The van der Waals surface area contributed by atoms with E-state index in [0.29, 0.717) is 17.3 Å². The summed E-state index contributed by atoms with van der Waals surface area (Å²) in [6.07, 6.45) is 3.38. The monoisotopic (exact) mass is 282 g/mol. The summed E-state index contributed by atoms with van der Waals surface area (Å²) >= 11 is 5.89. The second-order valence-electron chi connectivity index (χ2n) is 4.69. The zero-order valence-corrected chi connectivity index (χ0v) is 11.7. The molecule has 19 heavy (non-hydrogen) atoms. The van der Waals surface area contributed by atoms with Crippen molar-refractivity contribution in [1.29, 1.82) is 0 Å². The van der Waals surface area contributed by atoms with Crippen molar-refractivity contribution in [1.82, 2.24) is 4.90 Å². The number of piperidine rings is 1. The van der Waals surface area contributed by atoms with Crippen molar-refractivity contribution >= 4 is 17.5 Å². The molecule has 1 aliphatic rings. The molecule has 5 heteroatoms. The van der Waals surface area contributed by atoms with E-state index in [4.69, 9.17) is 22.1 Å². The molecule has 0 aromatic heterocycles. The van der Waals surface area contributed by atoms with Gasteiger partial charge in [0.05, 0.1) is 0 Å². The van der Waals surface area contributed by atoms with Gasteiger partial charge < -0.3 is 15.4 Å². The second kappa shape index (κ2) is 6.78. The van der Waals surface area contributed by atoms with Crippen LogP contribution >= 0.6 is 11.6 Å². The van der Waals surface area contributed by atoms with E-state index >= 15 is 0 Å². The number of nitrogens with zero attached hydrogens (tertiary/aromatic N) is 1. The second-order valence-corrected chi connectivity index (χ2v) is 5.12. The first kappa shape index (κ1) is 14.2. The fourth-order valence-corrected chi connectivity index (χ4v) is 2.42. The maximum atomic E-state index is 12.0. The molecule has 0 saturated carbocycles. The maximum absolute atomic E-state index is 12.0. The molecule has 2 N–H and O–H groups in total. The van der Waals surface area contributed by atoms with Gasteiger partial charge in [-0.15, -0.1) is 0 Å². The molecule has 1 aromatic carbocycles. The Morgan fingerprint density at radius 3 is 2.74 bits per heavy atom. The van der Waals surface area contributed by atoms with E-state index in [1.807, 2.05) is 4.90 Å². The highest BCUT2D eigenvalue weighted by Crippen LogP contribution is 2.22. The smallest absolute Gasteiger partial charge is 0.260 e. The summed E-state index contributed by atoms with van der Waals surface area (Å²) in [6.45, 7) is 2.08. The summed E-state index contributed by atoms with van der Waals surface area (Å²) in [5.41, 5.74) is 6.45. The number of halogens is 1. The molecular weight excluding hydrogens is 264 g/mol. The van der Waals surface area contributed by atoms with Crippen molar-refractivity contribution in [3.63, 3.8) is 0 Å². The molecule has 0 atom stereocenters. The van der Waals surface area contributed by atoms with Crippen molar-refractivity contribution < 1.29 is 9.53 Å². The Morgan fingerprint density at radius 1 is 1.32 bits per heavy atom. The van der Waals surface area contributed by atoms with Crippen LogP contribution in [0.1, 0.15) is 24.8 Å². The Labute approximate surface area is 118 Å². The topological polar surface area (TPSA) is 55.6 Å². The van der Waals surface area contributed by atoms with Crippen LogP contribution in [0.5, 0.6) is 5.75 Å². The van der Waals surface area contributed by atoms with E-state index in [-0.39, 0.29) is 12.5 Å². The average Bonchev–Trinajstić information content (AvgIpc) is 2.46. The number of nitrogens with two attached hydrogens (primary N) is 1. The number of hydrogen-bond acceptors (Lipinski definition) is 3. The molecule has 1 amide bonds. The van der Waals surface area contributed by atoms with Crippen LogP contribution in [0.4, 0.5) is 0 Å². The van der Waals surface area contributed by atoms with Crippen LogP contribution in [-0.2, 0) is 11.3 Å². The third-order valence-corrected chi connectivity index (χ3v) is 3.54. The average molecular weight is 283 g/mol. The lowest BCUT2D eigenvalue weighted by Gasteiger charge is -2.26. The predicted octanol–water partition coefficient (Wildman–Crippen LogP) is 2.19. The number of benzene rings is 1. The van der Waals surface area contributed by atoms with Crippen LogP contribution in [0.2, 0.25) is 5.02 Å². The van der Waals surface area contributed by atoms with E-state index in [0.717, 1.165) is 31.5 Å². The van der Waals surface area contributed by atoms with E-state index in [1.54, 1.807) is 18.2 Å². The molecule has 2 rings (SSSR count). The minimum Gasteiger partial charge on any atom is -0.483 e. The van der Waals surface area contributed by atoms with Crippen LogP contribution in [0, 0.1) is 0 Å². The van der Waals surface area contributed by atoms with E-state index in [1.165, 1.54) is 6.42 Å². The molecule has 1 saturated heterocycles. The summed E-state index contributed by atoms with van der Waals surface area (Å²) < 4.78 is 5.57. The molecule has 4 nitrogen and oxygen atoms in total. The molecule has 0 aliphatic carbocycles. The summed E-state index contributed by atoms with van der Waals surface area (Å²) in [7, 11) is 0. The van der Waals surface area contributed by atoms with Gasteiger partial charge in [0.2, 0.25) is 0 Å². The fraction of sp³-hybridized carbons (Fsp3) is 0.500. The highest BCUT2D eigenvalue weighted by molar-refractivity contribution is 6.30. The number of carbonyl (C=O) groups excluding carboxylic acids is 1. The van der Waals surface area contributed by atoms with Gasteiger partial charge in [0.15, 0.2) is 6.61 Å². The van der Waals surface area contributed by atoms with Crippen molar-refractivity contribution in [3.8, 4) is 5.75 Å². The molecule has 0 spiro atoms. The normalized spacial score (nSPS) is 15.4. The Kier molecular flexibility index (Phi) is 5.05.